The fourth-order valence-corrected chi connectivity index (χ4v) is 4.34. The molecule has 6 nitrogen and oxygen atoms in total. The van der Waals surface area contributed by atoms with Crippen molar-refractivity contribution in [2.24, 2.45) is 11.8 Å². The van der Waals surface area contributed by atoms with Crippen LogP contribution in [0, 0.1) is 18.8 Å². The van der Waals surface area contributed by atoms with Crippen molar-refractivity contribution in [1.82, 2.24) is 9.55 Å². The number of fused-ring (bicyclic) bond motifs is 3. The average Bonchev–Trinajstić information content (AvgIpc) is 3.12. The average molecular weight is 420 g/mol. The van der Waals surface area contributed by atoms with Crippen molar-refractivity contribution in [2.75, 3.05) is 18.1 Å². The molecular weight excluding hydrogens is 390 g/mol. The molecular formula is C25H29N3O3. The molecule has 2 aromatic carbocycles. The fraction of sp³-hybridized carbons (Fsp3) is 0.400. The van der Waals surface area contributed by atoms with E-state index in [1.165, 1.54) is 0 Å². The topological polar surface area (TPSA) is 64.4 Å². The number of aromatic nitrogens is 2. The lowest BCUT2D eigenvalue weighted by atomic mass is 9.87. The number of carbonyl (C=O) groups is 2. The number of anilines is 1. The zero-order valence-electron chi connectivity index (χ0n) is 18.5. The van der Waals surface area contributed by atoms with Crippen LogP contribution in [0.4, 0.5) is 5.95 Å². The van der Waals surface area contributed by atoms with E-state index in [4.69, 9.17) is 9.72 Å². The molecule has 1 aliphatic heterocycles. The molecule has 0 saturated carbocycles. The molecule has 0 spiro atoms. The highest BCUT2D eigenvalue weighted by Crippen LogP contribution is 2.42. The molecule has 0 fully saturated rings. The molecule has 0 N–H and O–H groups in total. The summed E-state index contributed by atoms with van der Waals surface area (Å²) in [6.45, 7) is 8.75. The van der Waals surface area contributed by atoms with Gasteiger partial charge in [-0.2, -0.15) is 0 Å². The summed E-state index contributed by atoms with van der Waals surface area (Å²) in [5, 5.41) is 0. The Hall–Kier alpha value is -3.15. The Morgan fingerprint density at radius 3 is 2.55 bits per heavy atom. The molecule has 1 aromatic heterocycles. The van der Waals surface area contributed by atoms with Gasteiger partial charge in [-0.3, -0.25) is 14.5 Å². The SMILES string of the molecule is CCOC(=O)[C@H]1C(=O)N(CCC(C)C)c2nc3ccccc3n2[C@@H]1c1ccccc1C. The predicted octanol–water partition coefficient (Wildman–Crippen LogP) is 4.51. The van der Waals surface area contributed by atoms with Crippen LogP contribution < -0.4 is 4.90 Å². The number of amides is 1. The van der Waals surface area contributed by atoms with E-state index in [1.807, 2.05) is 55.5 Å². The van der Waals surface area contributed by atoms with E-state index in [9.17, 15) is 9.59 Å². The van der Waals surface area contributed by atoms with Crippen molar-refractivity contribution >= 4 is 28.9 Å². The fourth-order valence-electron chi connectivity index (χ4n) is 4.34. The van der Waals surface area contributed by atoms with Crippen LogP contribution in [0.2, 0.25) is 0 Å². The van der Waals surface area contributed by atoms with E-state index in [-0.39, 0.29) is 12.5 Å². The van der Waals surface area contributed by atoms with Crippen LogP contribution >= 0.6 is 0 Å². The maximum atomic E-state index is 13.8. The molecule has 4 rings (SSSR count). The normalized spacial score (nSPS) is 18.5. The zero-order chi connectivity index (χ0) is 22.1. The van der Waals surface area contributed by atoms with E-state index in [1.54, 1.807) is 11.8 Å². The van der Waals surface area contributed by atoms with Gasteiger partial charge in [-0.05, 0) is 49.4 Å². The van der Waals surface area contributed by atoms with Crippen LogP contribution in [0.1, 0.15) is 44.4 Å². The largest absolute Gasteiger partial charge is 0.465 e. The molecule has 2 atom stereocenters. The molecule has 0 radical (unpaired) electrons. The van der Waals surface area contributed by atoms with Gasteiger partial charge in [0.25, 0.3) is 0 Å². The molecule has 162 valence electrons. The van der Waals surface area contributed by atoms with Crippen molar-refractivity contribution in [3.05, 3.63) is 59.7 Å². The first kappa shape index (κ1) is 21.1. The van der Waals surface area contributed by atoms with Crippen LogP contribution in [0.25, 0.3) is 11.0 Å². The Bertz CT molecular complexity index is 1120. The Balaban J connectivity index is 1.98. The molecule has 31 heavy (non-hydrogen) atoms. The summed E-state index contributed by atoms with van der Waals surface area (Å²) in [7, 11) is 0. The van der Waals surface area contributed by atoms with Crippen LogP contribution in [0.3, 0.4) is 0 Å². The van der Waals surface area contributed by atoms with Gasteiger partial charge in [-0.1, -0.05) is 50.2 Å². The second-order valence-electron chi connectivity index (χ2n) is 8.47. The van der Waals surface area contributed by atoms with E-state index in [0.29, 0.717) is 18.4 Å². The number of benzene rings is 2. The summed E-state index contributed by atoms with van der Waals surface area (Å²) in [5.41, 5.74) is 3.67. The predicted molar refractivity (Wildman–Crippen MR) is 121 cm³/mol. The second-order valence-corrected chi connectivity index (χ2v) is 8.47. The molecule has 1 amide bonds. The number of para-hydroxylation sites is 2. The van der Waals surface area contributed by atoms with Gasteiger partial charge >= 0.3 is 5.97 Å². The summed E-state index contributed by atoms with van der Waals surface area (Å²) in [6, 6.07) is 15.2. The standard InChI is InChI=1S/C25H29N3O3/c1-5-31-24(30)21-22(18-11-7-6-10-17(18)4)28-20-13-9-8-12-19(20)26-25(28)27(23(21)29)15-14-16(2)3/h6-13,16,21-22H,5,14-15H2,1-4H3/t21-,22-/m1/s1. The van der Waals surface area contributed by atoms with Gasteiger partial charge in [0.1, 0.15) is 0 Å². The molecule has 1 aliphatic rings. The van der Waals surface area contributed by atoms with Crippen molar-refractivity contribution in [2.45, 2.75) is 40.2 Å². The summed E-state index contributed by atoms with van der Waals surface area (Å²) < 4.78 is 7.46. The van der Waals surface area contributed by atoms with Gasteiger partial charge in [0, 0.05) is 6.54 Å². The summed E-state index contributed by atoms with van der Waals surface area (Å²) in [4.78, 5) is 33.4. The number of imidazole rings is 1. The minimum atomic E-state index is -0.960. The highest BCUT2D eigenvalue weighted by Gasteiger charge is 2.48. The van der Waals surface area contributed by atoms with Crippen molar-refractivity contribution < 1.29 is 14.3 Å². The van der Waals surface area contributed by atoms with E-state index < -0.39 is 17.9 Å². The van der Waals surface area contributed by atoms with Gasteiger partial charge in [-0.15, -0.1) is 0 Å². The summed E-state index contributed by atoms with van der Waals surface area (Å²) in [6.07, 6.45) is 0.819. The van der Waals surface area contributed by atoms with E-state index in [0.717, 1.165) is 28.6 Å². The Morgan fingerprint density at radius 1 is 1.13 bits per heavy atom. The molecule has 0 unspecified atom stereocenters. The maximum Gasteiger partial charge on any atom is 0.321 e. The number of esters is 1. The third-order valence-electron chi connectivity index (χ3n) is 5.92. The lowest BCUT2D eigenvalue weighted by molar-refractivity contribution is -0.153. The lowest BCUT2D eigenvalue weighted by Crippen LogP contribution is -2.50. The van der Waals surface area contributed by atoms with Crippen molar-refractivity contribution in [1.29, 1.82) is 0 Å². The van der Waals surface area contributed by atoms with Gasteiger partial charge in [-0.25, -0.2) is 4.98 Å². The van der Waals surface area contributed by atoms with Crippen molar-refractivity contribution in [3.63, 3.8) is 0 Å². The number of carbonyl (C=O) groups excluding carboxylic acids is 2. The molecule has 3 aromatic rings. The molecule has 0 saturated heterocycles. The minimum absolute atomic E-state index is 0.229. The second kappa shape index (κ2) is 8.53. The van der Waals surface area contributed by atoms with Gasteiger partial charge in [0.2, 0.25) is 11.9 Å². The van der Waals surface area contributed by atoms with E-state index in [2.05, 4.69) is 18.4 Å². The van der Waals surface area contributed by atoms with Gasteiger partial charge < -0.3 is 9.30 Å². The van der Waals surface area contributed by atoms with Gasteiger partial charge in [0.15, 0.2) is 5.92 Å². The monoisotopic (exact) mass is 419 g/mol. The maximum absolute atomic E-state index is 13.8. The number of hydrogen-bond donors (Lipinski definition) is 0. The molecule has 2 heterocycles. The number of rotatable bonds is 6. The van der Waals surface area contributed by atoms with Gasteiger partial charge in [0.05, 0.1) is 23.7 Å². The zero-order valence-corrected chi connectivity index (χ0v) is 18.5. The number of ether oxygens (including phenoxy) is 1. The first-order valence-corrected chi connectivity index (χ1v) is 10.9. The molecule has 0 bridgehead atoms. The highest BCUT2D eigenvalue weighted by molar-refractivity contribution is 6.08. The Morgan fingerprint density at radius 2 is 1.84 bits per heavy atom. The van der Waals surface area contributed by atoms with E-state index >= 15 is 0 Å². The van der Waals surface area contributed by atoms with Crippen LogP contribution in [-0.2, 0) is 14.3 Å². The Kier molecular flexibility index (Phi) is 5.81. The number of aryl methyl sites for hydroxylation is 1. The van der Waals surface area contributed by atoms with Crippen LogP contribution in [0.15, 0.2) is 48.5 Å². The first-order valence-electron chi connectivity index (χ1n) is 10.9. The van der Waals surface area contributed by atoms with Crippen LogP contribution in [0.5, 0.6) is 0 Å². The minimum Gasteiger partial charge on any atom is -0.465 e. The quantitative estimate of drug-likeness (QED) is 0.436. The highest BCUT2D eigenvalue weighted by atomic mass is 16.5. The third kappa shape index (κ3) is 3.71. The lowest BCUT2D eigenvalue weighted by Gasteiger charge is -2.38. The molecule has 6 heteroatoms. The summed E-state index contributed by atoms with van der Waals surface area (Å²) >= 11 is 0. The third-order valence-corrected chi connectivity index (χ3v) is 5.92. The van der Waals surface area contributed by atoms with Crippen molar-refractivity contribution in [3.8, 4) is 0 Å². The van der Waals surface area contributed by atoms with Crippen LogP contribution in [-0.4, -0.2) is 34.6 Å². The number of hydrogen-bond acceptors (Lipinski definition) is 4. The molecule has 0 aliphatic carbocycles. The first-order chi connectivity index (χ1) is 14.9. The Labute approximate surface area is 182 Å². The number of nitrogens with zero attached hydrogens (tertiary/aromatic N) is 3. The summed E-state index contributed by atoms with van der Waals surface area (Å²) in [5.74, 6) is -0.673. The smallest absolute Gasteiger partial charge is 0.321 e.